The highest BCUT2D eigenvalue weighted by molar-refractivity contribution is 7.11. The lowest BCUT2D eigenvalue weighted by Crippen LogP contribution is -2.49. The Morgan fingerprint density at radius 2 is 2.05 bits per heavy atom. The molecule has 2 N–H and O–H groups in total. The zero-order valence-electron chi connectivity index (χ0n) is 13.3. The van der Waals surface area contributed by atoms with Crippen molar-refractivity contribution in [3.63, 3.8) is 0 Å². The Balaban J connectivity index is 2.03. The molecule has 1 aliphatic rings. The first kappa shape index (κ1) is 16.4. The van der Waals surface area contributed by atoms with E-state index < -0.39 is 17.5 Å². The molecule has 120 valence electrons. The fourth-order valence-corrected chi connectivity index (χ4v) is 3.32. The second-order valence-electron chi connectivity index (χ2n) is 5.87. The number of hydrogen-bond acceptors (Lipinski definition) is 5. The number of carbonyl (C=O) groups excluding carboxylic acids is 3. The van der Waals surface area contributed by atoms with Gasteiger partial charge >= 0.3 is 6.03 Å². The predicted octanol–water partition coefficient (Wildman–Crippen LogP) is 1.27. The molecule has 0 bridgehead atoms. The summed E-state index contributed by atoms with van der Waals surface area (Å²) in [5.74, 6) is -0.722. The molecule has 1 aliphatic heterocycles. The summed E-state index contributed by atoms with van der Waals surface area (Å²) in [4.78, 5) is 42.3. The quantitative estimate of drug-likeness (QED) is 0.816. The molecule has 0 saturated carbocycles. The first-order chi connectivity index (χ1) is 10.1. The van der Waals surface area contributed by atoms with Gasteiger partial charge in [0.25, 0.3) is 5.91 Å². The monoisotopic (exact) mass is 324 g/mol. The van der Waals surface area contributed by atoms with Crippen molar-refractivity contribution in [2.24, 2.45) is 0 Å². The number of aromatic nitrogens is 1. The van der Waals surface area contributed by atoms with E-state index in [9.17, 15) is 14.4 Å². The van der Waals surface area contributed by atoms with Crippen LogP contribution in [-0.2, 0) is 9.59 Å². The molecule has 0 aromatic carbocycles. The van der Waals surface area contributed by atoms with E-state index in [4.69, 9.17) is 0 Å². The van der Waals surface area contributed by atoms with E-state index in [0.29, 0.717) is 0 Å². The fourth-order valence-electron chi connectivity index (χ4n) is 2.41. The van der Waals surface area contributed by atoms with Crippen molar-refractivity contribution in [1.29, 1.82) is 0 Å². The number of aryl methyl sites for hydroxylation is 2. The molecule has 1 atom stereocenters. The number of nitrogens with zero attached hydrogens (tertiary/aromatic N) is 2. The number of imide groups is 1. The van der Waals surface area contributed by atoms with Crippen molar-refractivity contribution in [2.75, 3.05) is 6.54 Å². The largest absolute Gasteiger partial charge is 0.346 e. The first-order valence-corrected chi connectivity index (χ1v) is 7.81. The zero-order chi connectivity index (χ0) is 16.7. The number of thiazole rings is 1. The maximum Gasteiger partial charge on any atom is 0.325 e. The number of hydrogen-bond donors (Lipinski definition) is 2. The Hall–Kier alpha value is -1.96. The van der Waals surface area contributed by atoms with Crippen LogP contribution in [0.5, 0.6) is 0 Å². The molecule has 1 saturated heterocycles. The molecule has 1 aromatic rings. The van der Waals surface area contributed by atoms with E-state index in [0.717, 1.165) is 15.6 Å². The molecule has 1 fully saturated rings. The lowest BCUT2D eigenvalue weighted by atomic mass is 10.0. The van der Waals surface area contributed by atoms with Gasteiger partial charge in [-0.3, -0.25) is 14.9 Å². The van der Waals surface area contributed by atoms with E-state index in [2.05, 4.69) is 15.6 Å². The maximum absolute atomic E-state index is 12.2. The summed E-state index contributed by atoms with van der Waals surface area (Å²) in [6.45, 7) is 8.77. The summed E-state index contributed by atoms with van der Waals surface area (Å²) < 4.78 is 0. The average Bonchev–Trinajstić information content (AvgIpc) is 2.82. The van der Waals surface area contributed by atoms with Gasteiger partial charge in [0.2, 0.25) is 5.91 Å². The Kier molecular flexibility index (Phi) is 4.23. The number of amides is 4. The Morgan fingerprint density at radius 1 is 1.41 bits per heavy atom. The second kappa shape index (κ2) is 5.68. The molecular weight excluding hydrogens is 304 g/mol. The smallest absolute Gasteiger partial charge is 0.325 e. The van der Waals surface area contributed by atoms with Crippen molar-refractivity contribution in [2.45, 2.75) is 46.2 Å². The van der Waals surface area contributed by atoms with E-state index in [1.54, 1.807) is 25.2 Å². The van der Waals surface area contributed by atoms with E-state index in [-0.39, 0.29) is 18.5 Å². The fraction of sp³-hybridized carbons (Fsp3) is 0.571. The van der Waals surface area contributed by atoms with E-state index in [1.165, 1.54) is 4.90 Å². The lowest BCUT2D eigenvalue weighted by Gasteiger charge is -2.27. The highest BCUT2D eigenvalue weighted by atomic mass is 32.1. The minimum absolute atomic E-state index is 0.170. The molecule has 1 aromatic heterocycles. The van der Waals surface area contributed by atoms with Crippen LogP contribution in [0.15, 0.2) is 0 Å². The third-order valence-electron chi connectivity index (χ3n) is 3.72. The molecule has 1 unspecified atom stereocenters. The topological polar surface area (TPSA) is 91.4 Å². The number of carbonyl (C=O) groups is 3. The van der Waals surface area contributed by atoms with Crippen LogP contribution in [0.4, 0.5) is 4.79 Å². The van der Waals surface area contributed by atoms with Crippen LogP contribution in [-0.4, -0.2) is 39.8 Å². The average molecular weight is 324 g/mol. The van der Waals surface area contributed by atoms with Gasteiger partial charge in [-0.05, 0) is 34.6 Å². The van der Waals surface area contributed by atoms with Crippen molar-refractivity contribution in [1.82, 2.24) is 20.5 Å². The molecule has 2 rings (SSSR count). The number of nitrogens with one attached hydrogen (secondary N) is 2. The van der Waals surface area contributed by atoms with Gasteiger partial charge in [0.1, 0.15) is 12.1 Å². The minimum Gasteiger partial charge on any atom is -0.346 e. The third kappa shape index (κ3) is 2.96. The predicted molar refractivity (Wildman–Crippen MR) is 82.5 cm³/mol. The van der Waals surface area contributed by atoms with Crippen LogP contribution in [0.25, 0.3) is 0 Å². The molecule has 0 radical (unpaired) electrons. The van der Waals surface area contributed by atoms with Gasteiger partial charge in [-0.15, -0.1) is 11.3 Å². The van der Waals surface area contributed by atoms with Crippen LogP contribution in [0.1, 0.15) is 42.4 Å². The minimum atomic E-state index is -1.02. The normalized spacial score (nSPS) is 18.3. The van der Waals surface area contributed by atoms with Gasteiger partial charge in [-0.1, -0.05) is 0 Å². The van der Waals surface area contributed by atoms with Crippen LogP contribution >= 0.6 is 11.3 Å². The van der Waals surface area contributed by atoms with Crippen LogP contribution in [0.3, 0.4) is 0 Å². The van der Waals surface area contributed by atoms with Gasteiger partial charge < -0.3 is 10.2 Å². The first-order valence-electron chi connectivity index (χ1n) is 6.99. The Labute approximate surface area is 133 Å². The van der Waals surface area contributed by atoms with Crippen molar-refractivity contribution >= 4 is 29.2 Å². The maximum atomic E-state index is 12.2. The van der Waals surface area contributed by atoms with Crippen molar-refractivity contribution < 1.29 is 14.4 Å². The summed E-state index contributed by atoms with van der Waals surface area (Å²) >= 11 is 1.58. The SMILES string of the molecule is Cc1nc(C(C)NC(=O)CN2C(=O)NC(=O)C2(C)C)c(C)s1. The summed E-state index contributed by atoms with van der Waals surface area (Å²) in [6.07, 6.45) is 0. The van der Waals surface area contributed by atoms with Gasteiger partial charge in [0, 0.05) is 4.88 Å². The van der Waals surface area contributed by atoms with Gasteiger partial charge in [0.15, 0.2) is 0 Å². The molecule has 0 aliphatic carbocycles. The van der Waals surface area contributed by atoms with Crippen molar-refractivity contribution in [3.05, 3.63) is 15.6 Å². The highest BCUT2D eigenvalue weighted by Crippen LogP contribution is 2.23. The second-order valence-corrected chi connectivity index (χ2v) is 7.28. The van der Waals surface area contributed by atoms with Gasteiger partial charge in [-0.25, -0.2) is 9.78 Å². The summed E-state index contributed by atoms with van der Waals surface area (Å²) in [6, 6.07) is -0.791. The number of urea groups is 1. The molecule has 8 heteroatoms. The molecule has 4 amide bonds. The van der Waals surface area contributed by atoms with Gasteiger partial charge in [0.05, 0.1) is 16.7 Å². The Bertz CT molecular complexity index is 638. The van der Waals surface area contributed by atoms with Crippen molar-refractivity contribution in [3.8, 4) is 0 Å². The van der Waals surface area contributed by atoms with Crippen LogP contribution in [0, 0.1) is 13.8 Å². The summed E-state index contributed by atoms with van der Waals surface area (Å²) in [5.41, 5.74) is -0.192. The molecule has 2 heterocycles. The number of rotatable bonds is 4. The molecule has 7 nitrogen and oxygen atoms in total. The van der Waals surface area contributed by atoms with Gasteiger partial charge in [-0.2, -0.15) is 0 Å². The molecule has 0 spiro atoms. The molecular formula is C14H20N4O3S. The summed E-state index contributed by atoms with van der Waals surface area (Å²) in [7, 11) is 0. The third-order valence-corrected chi connectivity index (χ3v) is 4.63. The van der Waals surface area contributed by atoms with Crippen LogP contribution < -0.4 is 10.6 Å². The standard InChI is InChI=1S/C14H20N4O3S/c1-7(11-8(2)22-9(3)16-11)15-10(19)6-18-13(21)17-12(20)14(18,4)5/h7H,6H2,1-5H3,(H,15,19)(H,17,20,21). The Morgan fingerprint density at radius 3 is 2.50 bits per heavy atom. The lowest BCUT2D eigenvalue weighted by molar-refractivity contribution is -0.127. The van der Waals surface area contributed by atoms with E-state index >= 15 is 0 Å². The summed E-state index contributed by atoms with van der Waals surface area (Å²) in [5, 5.41) is 5.98. The molecule has 22 heavy (non-hydrogen) atoms. The highest BCUT2D eigenvalue weighted by Gasteiger charge is 2.46. The van der Waals surface area contributed by atoms with E-state index in [1.807, 2.05) is 20.8 Å². The van der Waals surface area contributed by atoms with Crippen LogP contribution in [0.2, 0.25) is 0 Å². The zero-order valence-corrected chi connectivity index (χ0v) is 14.1.